The summed E-state index contributed by atoms with van der Waals surface area (Å²) in [5.74, 6) is -1.28. The summed E-state index contributed by atoms with van der Waals surface area (Å²) in [4.78, 5) is 56.0. The van der Waals surface area contributed by atoms with Gasteiger partial charge in [0.25, 0.3) is 17.7 Å². The second kappa shape index (κ2) is 15.4. The molecule has 0 radical (unpaired) electrons. The first kappa shape index (κ1) is 31.2. The lowest BCUT2D eigenvalue weighted by atomic mass is 9.87. The Labute approximate surface area is 235 Å². The van der Waals surface area contributed by atoms with E-state index in [1.54, 1.807) is 24.1 Å². The Bertz CT molecular complexity index is 1210. The first-order chi connectivity index (χ1) is 19.4. The Morgan fingerprint density at radius 3 is 2.17 bits per heavy atom. The number of nitrogens with one attached hydrogen (secondary N) is 1. The topological polar surface area (TPSA) is 147 Å². The summed E-state index contributed by atoms with van der Waals surface area (Å²) in [7, 11) is 1.67. The fraction of sp³-hybridized carbons (Fsp3) is 0.533. The van der Waals surface area contributed by atoms with E-state index in [2.05, 4.69) is 5.32 Å². The molecule has 0 atom stereocenters. The van der Waals surface area contributed by atoms with Crippen LogP contribution in [0, 0.1) is 0 Å². The molecule has 2 aromatic carbocycles. The molecule has 10 heteroatoms. The standard InChI is InChI=1S/C30H41N3O7/c1-32(14-6-3-9-17-35)28(38)23-19-24(31-13-5-2-8-16-34)27-26-22(12-11-21(20-37)25(23)26)29(39)33(30(27)40)15-7-4-10-18-36/h11-12,19-20,31,34-36H,2-10,13-18H2,1H3. The van der Waals surface area contributed by atoms with E-state index in [0.717, 1.165) is 19.3 Å². The van der Waals surface area contributed by atoms with Crippen molar-refractivity contribution < 1.29 is 34.5 Å². The zero-order valence-corrected chi connectivity index (χ0v) is 23.3. The molecule has 1 aliphatic rings. The van der Waals surface area contributed by atoms with Gasteiger partial charge in [0.1, 0.15) is 0 Å². The predicted octanol–water partition coefficient (Wildman–Crippen LogP) is 3.22. The Kier molecular flexibility index (Phi) is 12.0. The molecule has 1 aliphatic heterocycles. The van der Waals surface area contributed by atoms with Gasteiger partial charge in [-0.25, -0.2) is 0 Å². The highest BCUT2D eigenvalue weighted by Gasteiger charge is 2.37. The third kappa shape index (κ3) is 7.04. The SMILES string of the molecule is CN(CCCCCO)C(=O)c1cc(NCCCCCO)c2c3c(ccc(C=O)c13)C(=O)N(CCCCCO)C2=O. The number of amides is 3. The molecular formula is C30H41N3O7. The van der Waals surface area contributed by atoms with Crippen molar-refractivity contribution in [3.05, 3.63) is 40.5 Å². The number of hydrogen-bond donors (Lipinski definition) is 4. The van der Waals surface area contributed by atoms with Gasteiger partial charge in [-0.3, -0.25) is 24.1 Å². The molecule has 0 saturated carbocycles. The van der Waals surface area contributed by atoms with Gasteiger partial charge in [-0.05, 0) is 69.9 Å². The van der Waals surface area contributed by atoms with E-state index >= 15 is 0 Å². The average molecular weight is 556 g/mol. The van der Waals surface area contributed by atoms with Gasteiger partial charge >= 0.3 is 0 Å². The number of nitrogens with zero attached hydrogens (tertiary/aromatic N) is 2. The largest absolute Gasteiger partial charge is 0.396 e. The van der Waals surface area contributed by atoms with Gasteiger partial charge < -0.3 is 25.5 Å². The van der Waals surface area contributed by atoms with Crippen LogP contribution in [0.2, 0.25) is 0 Å². The Morgan fingerprint density at radius 1 is 0.875 bits per heavy atom. The maximum Gasteiger partial charge on any atom is 0.263 e. The number of carbonyl (C=O) groups excluding carboxylic acids is 4. The maximum absolute atomic E-state index is 13.8. The quantitative estimate of drug-likeness (QED) is 0.125. The van der Waals surface area contributed by atoms with Crippen molar-refractivity contribution in [3.8, 4) is 0 Å². The number of carbonyl (C=O) groups is 4. The van der Waals surface area contributed by atoms with Gasteiger partial charge in [-0.2, -0.15) is 0 Å². The monoisotopic (exact) mass is 555 g/mol. The van der Waals surface area contributed by atoms with Crippen molar-refractivity contribution in [2.75, 3.05) is 51.8 Å². The Hall–Kier alpha value is -3.34. The summed E-state index contributed by atoms with van der Waals surface area (Å²) in [6, 6.07) is 4.68. The molecule has 0 saturated heterocycles. The van der Waals surface area contributed by atoms with Crippen LogP contribution in [0.3, 0.4) is 0 Å². The number of hydrogen-bond acceptors (Lipinski definition) is 8. The lowest BCUT2D eigenvalue weighted by Gasteiger charge is -2.30. The number of aliphatic hydroxyl groups excluding tert-OH is 3. The van der Waals surface area contributed by atoms with Crippen LogP contribution in [0.15, 0.2) is 18.2 Å². The van der Waals surface area contributed by atoms with E-state index in [4.69, 9.17) is 15.3 Å². The Morgan fingerprint density at radius 2 is 1.52 bits per heavy atom. The smallest absolute Gasteiger partial charge is 0.263 e. The second-order valence-electron chi connectivity index (χ2n) is 10.2. The minimum absolute atomic E-state index is 0.0372. The zero-order chi connectivity index (χ0) is 29.1. The number of aliphatic hydroxyl groups is 3. The van der Waals surface area contributed by atoms with E-state index in [1.807, 2.05) is 0 Å². The van der Waals surface area contributed by atoms with Crippen LogP contribution in [0.4, 0.5) is 5.69 Å². The highest BCUT2D eigenvalue weighted by Crippen LogP contribution is 2.39. The van der Waals surface area contributed by atoms with Gasteiger partial charge in [0.2, 0.25) is 0 Å². The third-order valence-corrected chi connectivity index (χ3v) is 7.30. The molecule has 0 spiro atoms. The van der Waals surface area contributed by atoms with Gasteiger partial charge in [0, 0.05) is 74.1 Å². The van der Waals surface area contributed by atoms with E-state index in [9.17, 15) is 19.2 Å². The number of anilines is 1. The van der Waals surface area contributed by atoms with Crippen molar-refractivity contribution in [2.24, 2.45) is 0 Å². The van der Waals surface area contributed by atoms with Crippen LogP contribution in [-0.4, -0.2) is 95.6 Å². The molecule has 0 aliphatic carbocycles. The van der Waals surface area contributed by atoms with Crippen LogP contribution in [0.5, 0.6) is 0 Å². The number of imide groups is 1. The van der Waals surface area contributed by atoms with Crippen molar-refractivity contribution in [3.63, 3.8) is 0 Å². The summed E-state index contributed by atoms with van der Waals surface area (Å²) >= 11 is 0. The predicted molar refractivity (Wildman–Crippen MR) is 153 cm³/mol. The molecule has 2 aromatic rings. The molecule has 1 heterocycles. The summed E-state index contributed by atoms with van der Waals surface area (Å²) in [6.45, 7) is 1.35. The molecule has 4 N–H and O–H groups in total. The van der Waals surface area contributed by atoms with Gasteiger partial charge in [0.15, 0.2) is 6.29 Å². The van der Waals surface area contributed by atoms with E-state index < -0.39 is 11.8 Å². The van der Waals surface area contributed by atoms with Crippen LogP contribution >= 0.6 is 0 Å². The van der Waals surface area contributed by atoms with Crippen molar-refractivity contribution in [2.45, 2.75) is 57.8 Å². The molecule has 0 unspecified atom stereocenters. The van der Waals surface area contributed by atoms with E-state index in [-0.39, 0.29) is 54.5 Å². The van der Waals surface area contributed by atoms with Crippen LogP contribution in [0.25, 0.3) is 10.8 Å². The molecule has 40 heavy (non-hydrogen) atoms. The molecule has 218 valence electrons. The number of benzene rings is 2. The van der Waals surface area contributed by atoms with Gasteiger partial charge in [-0.1, -0.05) is 6.07 Å². The third-order valence-electron chi connectivity index (χ3n) is 7.30. The van der Waals surface area contributed by atoms with Crippen LogP contribution < -0.4 is 5.32 Å². The molecule has 3 rings (SSSR count). The van der Waals surface area contributed by atoms with Crippen molar-refractivity contribution in [1.29, 1.82) is 0 Å². The lowest BCUT2D eigenvalue weighted by molar-refractivity contribution is 0.0606. The minimum Gasteiger partial charge on any atom is -0.396 e. The number of aldehydes is 1. The second-order valence-corrected chi connectivity index (χ2v) is 10.2. The average Bonchev–Trinajstić information content (AvgIpc) is 2.96. The van der Waals surface area contributed by atoms with E-state index in [1.165, 1.54) is 11.0 Å². The molecule has 3 amide bonds. The van der Waals surface area contributed by atoms with Gasteiger partial charge in [0.05, 0.1) is 11.1 Å². The van der Waals surface area contributed by atoms with E-state index in [0.29, 0.717) is 74.4 Å². The molecule has 0 fully saturated rings. The summed E-state index contributed by atoms with van der Waals surface area (Å²) in [6.07, 6.45) is 6.67. The summed E-state index contributed by atoms with van der Waals surface area (Å²) in [5, 5.41) is 31.2. The zero-order valence-electron chi connectivity index (χ0n) is 23.3. The highest BCUT2D eigenvalue weighted by atomic mass is 16.3. The maximum atomic E-state index is 13.8. The molecule has 10 nitrogen and oxygen atoms in total. The first-order valence-electron chi connectivity index (χ1n) is 14.2. The van der Waals surface area contributed by atoms with Crippen molar-refractivity contribution in [1.82, 2.24) is 9.80 Å². The Balaban J connectivity index is 2.12. The van der Waals surface area contributed by atoms with Crippen molar-refractivity contribution >= 4 is 40.5 Å². The summed E-state index contributed by atoms with van der Waals surface area (Å²) < 4.78 is 0. The normalized spacial score (nSPS) is 12.8. The first-order valence-corrected chi connectivity index (χ1v) is 14.2. The fourth-order valence-electron chi connectivity index (χ4n) is 5.11. The lowest BCUT2D eigenvalue weighted by Crippen LogP contribution is -2.41. The molecular weight excluding hydrogens is 514 g/mol. The highest BCUT2D eigenvalue weighted by molar-refractivity contribution is 6.31. The molecule has 0 aromatic heterocycles. The number of rotatable bonds is 18. The minimum atomic E-state index is -0.483. The summed E-state index contributed by atoms with van der Waals surface area (Å²) in [5.41, 5.74) is 1.42. The van der Waals surface area contributed by atoms with Crippen LogP contribution in [-0.2, 0) is 0 Å². The number of unbranched alkanes of at least 4 members (excludes halogenated alkanes) is 6. The molecule has 0 bridgehead atoms. The van der Waals surface area contributed by atoms with Gasteiger partial charge in [-0.15, -0.1) is 0 Å². The van der Waals surface area contributed by atoms with Crippen LogP contribution in [0.1, 0.15) is 99.2 Å². The fourth-order valence-corrected chi connectivity index (χ4v) is 5.11.